The van der Waals surface area contributed by atoms with E-state index in [1.54, 1.807) is 4.90 Å². The maximum atomic E-state index is 12.3. The quantitative estimate of drug-likeness (QED) is 0.860. The van der Waals surface area contributed by atoms with Gasteiger partial charge in [0.05, 0.1) is 0 Å². The number of carbonyl (C=O) groups is 1. The Labute approximate surface area is 114 Å². The second-order valence-corrected chi connectivity index (χ2v) is 5.33. The summed E-state index contributed by atoms with van der Waals surface area (Å²) in [6.45, 7) is 5.57. The van der Waals surface area contributed by atoms with Gasteiger partial charge >= 0.3 is 6.03 Å². The normalized spacial score (nSPS) is 19.3. The summed E-state index contributed by atoms with van der Waals surface area (Å²) in [5.41, 5.74) is 3.05. The molecule has 1 aromatic carbocycles. The smallest absolute Gasteiger partial charge is 0.321 e. The third-order valence-electron chi connectivity index (χ3n) is 3.78. The third-order valence-corrected chi connectivity index (χ3v) is 3.78. The Morgan fingerprint density at radius 1 is 1.42 bits per heavy atom. The fourth-order valence-electron chi connectivity index (χ4n) is 2.60. The van der Waals surface area contributed by atoms with Crippen LogP contribution in [0.5, 0.6) is 0 Å². The van der Waals surface area contributed by atoms with Gasteiger partial charge < -0.3 is 15.3 Å². The number of hydrogen-bond acceptors (Lipinski definition) is 2. The van der Waals surface area contributed by atoms with Gasteiger partial charge in [0.15, 0.2) is 0 Å². The maximum absolute atomic E-state index is 12.3. The average molecular weight is 262 g/mol. The van der Waals surface area contributed by atoms with Crippen molar-refractivity contribution >= 4 is 11.7 Å². The highest BCUT2D eigenvalue weighted by molar-refractivity contribution is 5.91. The summed E-state index contributed by atoms with van der Waals surface area (Å²) in [4.78, 5) is 14.1. The first-order valence-electron chi connectivity index (χ1n) is 6.85. The molecule has 1 saturated heterocycles. The maximum Gasteiger partial charge on any atom is 0.321 e. The minimum absolute atomic E-state index is 0.0597. The average Bonchev–Trinajstić information content (AvgIpc) is 2.43. The van der Waals surface area contributed by atoms with Crippen molar-refractivity contribution < 1.29 is 9.90 Å². The first-order chi connectivity index (χ1) is 9.11. The monoisotopic (exact) mass is 262 g/mol. The molecule has 4 heteroatoms. The van der Waals surface area contributed by atoms with Crippen molar-refractivity contribution in [2.24, 2.45) is 5.92 Å². The summed E-state index contributed by atoms with van der Waals surface area (Å²) < 4.78 is 0. The van der Waals surface area contributed by atoms with Gasteiger partial charge in [-0.2, -0.15) is 0 Å². The van der Waals surface area contributed by atoms with Crippen molar-refractivity contribution in [3.63, 3.8) is 0 Å². The fraction of sp³-hybridized carbons (Fsp3) is 0.533. The molecule has 0 spiro atoms. The number of aliphatic hydroxyl groups is 1. The van der Waals surface area contributed by atoms with Gasteiger partial charge in [0.25, 0.3) is 0 Å². The van der Waals surface area contributed by atoms with E-state index in [0.717, 1.165) is 36.2 Å². The van der Waals surface area contributed by atoms with E-state index >= 15 is 0 Å². The van der Waals surface area contributed by atoms with Gasteiger partial charge in [-0.15, -0.1) is 0 Å². The van der Waals surface area contributed by atoms with Gasteiger partial charge in [-0.1, -0.05) is 18.2 Å². The second-order valence-electron chi connectivity index (χ2n) is 5.33. The Balaban J connectivity index is 2.04. The van der Waals surface area contributed by atoms with Crippen LogP contribution in [0.2, 0.25) is 0 Å². The molecule has 1 fully saturated rings. The molecule has 1 aliphatic heterocycles. The van der Waals surface area contributed by atoms with Crippen molar-refractivity contribution in [2.45, 2.75) is 26.7 Å². The molecule has 1 aliphatic rings. The lowest BCUT2D eigenvalue weighted by Gasteiger charge is -2.32. The summed E-state index contributed by atoms with van der Waals surface area (Å²) >= 11 is 0. The van der Waals surface area contributed by atoms with Crippen molar-refractivity contribution in [3.8, 4) is 0 Å². The SMILES string of the molecule is Cc1cccc(C)c1NC(=O)N1CCCC(CO)C1. The van der Waals surface area contributed by atoms with Gasteiger partial charge in [-0.25, -0.2) is 4.79 Å². The number of amides is 2. The molecule has 2 rings (SSSR count). The van der Waals surface area contributed by atoms with E-state index in [1.165, 1.54) is 0 Å². The van der Waals surface area contributed by atoms with Crippen LogP contribution in [0.4, 0.5) is 10.5 Å². The predicted octanol–water partition coefficient (Wildman–Crippen LogP) is 2.54. The zero-order valence-electron chi connectivity index (χ0n) is 11.6. The molecule has 1 unspecified atom stereocenters. The van der Waals surface area contributed by atoms with E-state index in [2.05, 4.69) is 5.32 Å². The molecule has 0 aliphatic carbocycles. The molecule has 0 radical (unpaired) electrons. The molecule has 1 aromatic rings. The number of aryl methyl sites for hydroxylation is 2. The number of anilines is 1. The molecule has 1 atom stereocenters. The number of benzene rings is 1. The molecule has 0 saturated carbocycles. The number of rotatable bonds is 2. The van der Waals surface area contributed by atoms with Crippen molar-refractivity contribution in [3.05, 3.63) is 29.3 Å². The fourth-order valence-corrected chi connectivity index (χ4v) is 2.60. The van der Waals surface area contributed by atoms with E-state index < -0.39 is 0 Å². The van der Waals surface area contributed by atoms with Gasteiger partial charge in [-0.3, -0.25) is 0 Å². The number of likely N-dealkylation sites (tertiary alicyclic amines) is 1. The third kappa shape index (κ3) is 3.26. The van der Waals surface area contributed by atoms with Gasteiger partial charge in [0, 0.05) is 25.4 Å². The number of nitrogens with one attached hydrogen (secondary N) is 1. The topological polar surface area (TPSA) is 52.6 Å². The van der Waals surface area contributed by atoms with Crippen LogP contribution in [0.3, 0.4) is 0 Å². The zero-order valence-corrected chi connectivity index (χ0v) is 11.6. The van der Waals surface area contributed by atoms with Crippen molar-refractivity contribution in [1.82, 2.24) is 4.90 Å². The summed E-state index contributed by atoms with van der Waals surface area (Å²) in [6, 6.07) is 5.92. The van der Waals surface area contributed by atoms with Crippen molar-refractivity contribution in [1.29, 1.82) is 0 Å². The number of para-hydroxylation sites is 1. The molecule has 104 valence electrons. The van der Waals surface area contributed by atoms with Crippen LogP contribution in [0, 0.1) is 19.8 Å². The lowest BCUT2D eigenvalue weighted by atomic mass is 9.99. The minimum Gasteiger partial charge on any atom is -0.396 e. The molecule has 2 N–H and O–H groups in total. The molecule has 0 bridgehead atoms. The first-order valence-corrected chi connectivity index (χ1v) is 6.85. The van der Waals surface area contributed by atoms with Crippen LogP contribution in [0.1, 0.15) is 24.0 Å². The first kappa shape index (κ1) is 13.9. The number of piperidine rings is 1. The minimum atomic E-state index is -0.0597. The Hall–Kier alpha value is -1.55. The Morgan fingerprint density at radius 3 is 2.74 bits per heavy atom. The predicted molar refractivity (Wildman–Crippen MR) is 76.3 cm³/mol. The molecule has 1 heterocycles. The summed E-state index contributed by atoms with van der Waals surface area (Å²) in [7, 11) is 0. The second kappa shape index (κ2) is 6.06. The highest BCUT2D eigenvalue weighted by atomic mass is 16.3. The molecule has 4 nitrogen and oxygen atoms in total. The van der Waals surface area contributed by atoms with E-state index in [1.807, 2.05) is 32.0 Å². The summed E-state index contributed by atoms with van der Waals surface area (Å²) in [5.74, 6) is 0.220. The number of carbonyl (C=O) groups excluding carboxylic acids is 1. The van der Waals surface area contributed by atoms with Gasteiger partial charge in [0.2, 0.25) is 0 Å². The summed E-state index contributed by atoms with van der Waals surface area (Å²) in [5, 5.41) is 12.2. The van der Waals surface area contributed by atoms with Crippen LogP contribution in [0.25, 0.3) is 0 Å². The highest BCUT2D eigenvalue weighted by Crippen LogP contribution is 2.21. The lowest BCUT2D eigenvalue weighted by Crippen LogP contribution is -2.43. The zero-order chi connectivity index (χ0) is 13.8. The Morgan fingerprint density at radius 2 is 2.11 bits per heavy atom. The molecule has 0 aromatic heterocycles. The van der Waals surface area contributed by atoms with E-state index in [-0.39, 0.29) is 18.6 Å². The standard InChI is InChI=1S/C15H22N2O2/c1-11-5-3-6-12(2)14(11)16-15(19)17-8-4-7-13(9-17)10-18/h3,5-6,13,18H,4,7-10H2,1-2H3,(H,16,19). The molecule has 2 amide bonds. The molecular formula is C15H22N2O2. The van der Waals surface area contributed by atoms with Gasteiger partial charge in [0.1, 0.15) is 0 Å². The van der Waals surface area contributed by atoms with E-state index in [4.69, 9.17) is 0 Å². The molecule has 19 heavy (non-hydrogen) atoms. The number of aliphatic hydroxyl groups excluding tert-OH is 1. The van der Waals surface area contributed by atoms with Crippen molar-refractivity contribution in [2.75, 3.05) is 25.0 Å². The lowest BCUT2D eigenvalue weighted by molar-refractivity contribution is 0.136. The van der Waals surface area contributed by atoms with Crippen LogP contribution in [-0.2, 0) is 0 Å². The molecular weight excluding hydrogens is 240 g/mol. The Bertz CT molecular complexity index is 439. The number of hydrogen-bond donors (Lipinski definition) is 2. The van der Waals surface area contributed by atoms with Gasteiger partial charge in [-0.05, 0) is 43.7 Å². The largest absolute Gasteiger partial charge is 0.396 e. The highest BCUT2D eigenvalue weighted by Gasteiger charge is 2.23. The van der Waals surface area contributed by atoms with E-state index in [9.17, 15) is 9.90 Å². The van der Waals surface area contributed by atoms with Crippen LogP contribution >= 0.6 is 0 Å². The summed E-state index contributed by atoms with van der Waals surface area (Å²) in [6.07, 6.45) is 1.97. The number of nitrogens with zero attached hydrogens (tertiary/aromatic N) is 1. The van der Waals surface area contributed by atoms with Crippen LogP contribution in [-0.4, -0.2) is 35.7 Å². The number of urea groups is 1. The Kier molecular flexibility index (Phi) is 4.43. The van der Waals surface area contributed by atoms with E-state index in [0.29, 0.717) is 6.54 Å². The van der Waals surface area contributed by atoms with Crippen LogP contribution in [0.15, 0.2) is 18.2 Å². The van der Waals surface area contributed by atoms with Crippen LogP contribution < -0.4 is 5.32 Å².